The summed E-state index contributed by atoms with van der Waals surface area (Å²) >= 11 is 0. The second-order valence-electron chi connectivity index (χ2n) is 8.12. The number of halogens is 3. The van der Waals surface area contributed by atoms with Crippen molar-refractivity contribution in [1.29, 1.82) is 0 Å². The van der Waals surface area contributed by atoms with Gasteiger partial charge in [-0.05, 0) is 61.4 Å². The molecule has 1 fully saturated rings. The lowest BCUT2D eigenvalue weighted by Gasteiger charge is -2.14. The lowest BCUT2D eigenvalue weighted by molar-refractivity contribution is -0.274. The van der Waals surface area contributed by atoms with Crippen molar-refractivity contribution in [3.8, 4) is 28.7 Å². The molecular weight excluding hydrogens is 479 g/mol. The number of benzene rings is 2. The Balaban J connectivity index is 1.30. The van der Waals surface area contributed by atoms with Crippen molar-refractivity contribution in [3.63, 3.8) is 0 Å². The van der Waals surface area contributed by atoms with Crippen molar-refractivity contribution in [2.75, 3.05) is 13.2 Å². The summed E-state index contributed by atoms with van der Waals surface area (Å²) in [5.41, 5.74) is 3.15. The zero-order valence-corrected chi connectivity index (χ0v) is 19.0. The molecule has 1 aliphatic heterocycles. The Morgan fingerprint density at radius 1 is 1.14 bits per heavy atom. The number of rotatable bonds is 6. The quantitative estimate of drug-likeness (QED) is 0.382. The molecule has 0 saturated carbocycles. The Morgan fingerprint density at radius 3 is 2.67 bits per heavy atom. The highest BCUT2D eigenvalue weighted by Gasteiger charge is 2.31. The Kier molecular flexibility index (Phi) is 6.18. The van der Waals surface area contributed by atoms with Crippen molar-refractivity contribution in [2.24, 2.45) is 0 Å². The van der Waals surface area contributed by atoms with Gasteiger partial charge in [-0.3, -0.25) is 14.3 Å². The van der Waals surface area contributed by atoms with Crippen LogP contribution in [0.2, 0.25) is 0 Å². The van der Waals surface area contributed by atoms with Gasteiger partial charge in [-0.2, -0.15) is 10.1 Å². The fourth-order valence-corrected chi connectivity index (χ4v) is 3.75. The van der Waals surface area contributed by atoms with E-state index < -0.39 is 6.36 Å². The zero-order chi connectivity index (χ0) is 25.3. The normalized spacial score (nSPS) is 13.8. The fraction of sp³-hybridized carbons (Fsp3) is 0.250. The molecule has 0 N–H and O–H groups in total. The first kappa shape index (κ1) is 23.5. The topological polar surface area (TPSA) is 95.5 Å². The minimum atomic E-state index is -4.77. The third-order valence-corrected chi connectivity index (χ3v) is 5.46. The van der Waals surface area contributed by atoms with Crippen LogP contribution in [-0.4, -0.2) is 50.4 Å². The molecule has 3 heterocycles. The fourth-order valence-electron chi connectivity index (χ4n) is 3.75. The maximum Gasteiger partial charge on any atom is 0.573 e. The van der Waals surface area contributed by atoms with E-state index in [2.05, 4.69) is 20.0 Å². The molecule has 4 aromatic rings. The summed E-state index contributed by atoms with van der Waals surface area (Å²) in [7, 11) is 0. The molecule has 186 valence electrons. The van der Waals surface area contributed by atoms with Gasteiger partial charge in [-0.1, -0.05) is 17.3 Å². The van der Waals surface area contributed by atoms with Crippen LogP contribution in [0.1, 0.15) is 28.0 Å². The summed E-state index contributed by atoms with van der Waals surface area (Å²) in [5.74, 6) is -0.157. The second kappa shape index (κ2) is 9.46. The van der Waals surface area contributed by atoms with Gasteiger partial charge in [-0.15, -0.1) is 13.2 Å². The molecule has 2 aromatic carbocycles. The van der Waals surface area contributed by atoms with Gasteiger partial charge < -0.3 is 9.26 Å². The van der Waals surface area contributed by atoms with Crippen LogP contribution in [0.15, 0.2) is 59.1 Å². The third kappa shape index (κ3) is 5.23. The van der Waals surface area contributed by atoms with E-state index in [0.717, 1.165) is 17.7 Å². The number of aromatic nitrogens is 4. The van der Waals surface area contributed by atoms with Gasteiger partial charge in [0.1, 0.15) is 5.75 Å². The predicted octanol–water partition coefficient (Wildman–Crippen LogP) is 4.63. The van der Waals surface area contributed by atoms with Gasteiger partial charge in [0.2, 0.25) is 5.82 Å². The summed E-state index contributed by atoms with van der Waals surface area (Å²) in [5, 5.41) is 9.83. The minimum Gasteiger partial charge on any atom is -0.406 e. The third-order valence-electron chi connectivity index (χ3n) is 5.46. The van der Waals surface area contributed by atoms with E-state index in [1.807, 2.05) is 25.1 Å². The molecule has 9 nitrogen and oxygen atoms in total. The van der Waals surface area contributed by atoms with Crippen molar-refractivity contribution < 1.29 is 32.1 Å². The molecule has 2 aromatic heterocycles. The number of carbonyl (C=O) groups excluding carboxylic acids is 1. The average molecular weight is 499 g/mol. The van der Waals surface area contributed by atoms with E-state index in [-0.39, 0.29) is 23.4 Å². The number of hydrogen-bond acceptors (Lipinski definition) is 7. The standard InChI is InChI=1S/C24H20F3N5O4/c1-15-12-20(22-28-21(30-36-22)17-6-8-19(9-7-17)35-24(25,26)27)29-31(15)14-16-4-2-5-18(13-16)23(33)32-10-3-11-34-32/h2,4-9,12-13H,3,10-11,14H2,1H3. The number of nitrogens with zero attached hydrogens (tertiary/aromatic N) is 5. The van der Waals surface area contributed by atoms with E-state index in [1.165, 1.54) is 29.3 Å². The number of hydroxylamine groups is 2. The highest BCUT2D eigenvalue weighted by atomic mass is 19.4. The average Bonchev–Trinajstić information content (AvgIpc) is 3.60. The van der Waals surface area contributed by atoms with Crippen LogP contribution in [0.4, 0.5) is 13.2 Å². The highest BCUT2D eigenvalue weighted by molar-refractivity contribution is 5.93. The first-order chi connectivity index (χ1) is 17.2. The molecule has 1 amide bonds. The van der Waals surface area contributed by atoms with E-state index in [1.54, 1.807) is 16.8 Å². The van der Waals surface area contributed by atoms with Crippen molar-refractivity contribution >= 4 is 5.91 Å². The van der Waals surface area contributed by atoms with E-state index in [0.29, 0.717) is 36.5 Å². The number of hydrogen-bond donors (Lipinski definition) is 0. The zero-order valence-electron chi connectivity index (χ0n) is 19.0. The van der Waals surface area contributed by atoms with Gasteiger partial charge in [-0.25, -0.2) is 5.06 Å². The van der Waals surface area contributed by atoms with Crippen LogP contribution < -0.4 is 4.74 Å². The van der Waals surface area contributed by atoms with Crippen LogP contribution in [0.25, 0.3) is 23.0 Å². The molecule has 0 unspecified atom stereocenters. The molecule has 1 aliphatic rings. The summed E-state index contributed by atoms with van der Waals surface area (Å²) in [6.07, 6.45) is -3.95. The summed E-state index contributed by atoms with van der Waals surface area (Å²) in [6, 6.07) is 14.2. The van der Waals surface area contributed by atoms with Crippen LogP contribution in [0, 0.1) is 6.92 Å². The molecule has 12 heteroatoms. The second-order valence-corrected chi connectivity index (χ2v) is 8.12. The highest BCUT2D eigenvalue weighted by Crippen LogP contribution is 2.27. The minimum absolute atomic E-state index is 0.164. The van der Waals surface area contributed by atoms with Gasteiger partial charge in [0.25, 0.3) is 11.8 Å². The van der Waals surface area contributed by atoms with Gasteiger partial charge >= 0.3 is 6.36 Å². The molecule has 0 radical (unpaired) electrons. The Labute approximate surface area is 203 Å². The maximum absolute atomic E-state index is 12.6. The first-order valence-corrected chi connectivity index (χ1v) is 11.0. The van der Waals surface area contributed by atoms with Crippen LogP contribution in [0.5, 0.6) is 5.75 Å². The summed E-state index contributed by atoms with van der Waals surface area (Å²) < 4.78 is 48.0. The Hall–Kier alpha value is -4.19. The van der Waals surface area contributed by atoms with Crippen molar-refractivity contribution in [3.05, 3.63) is 71.4 Å². The molecular formula is C24H20F3N5O4. The molecule has 5 rings (SSSR count). The van der Waals surface area contributed by atoms with Gasteiger partial charge in [0.15, 0.2) is 5.69 Å². The predicted molar refractivity (Wildman–Crippen MR) is 120 cm³/mol. The van der Waals surface area contributed by atoms with Crippen LogP contribution in [-0.2, 0) is 11.4 Å². The van der Waals surface area contributed by atoms with Crippen LogP contribution in [0.3, 0.4) is 0 Å². The molecule has 0 atom stereocenters. The number of amides is 1. The van der Waals surface area contributed by atoms with E-state index in [4.69, 9.17) is 9.36 Å². The first-order valence-electron chi connectivity index (χ1n) is 11.0. The summed E-state index contributed by atoms with van der Waals surface area (Å²) in [4.78, 5) is 22.3. The SMILES string of the molecule is Cc1cc(-c2nc(-c3ccc(OC(F)(F)F)cc3)no2)nn1Cc1cccc(C(=O)N2CCCO2)c1. The number of ether oxygens (including phenoxy) is 1. The number of aryl methyl sites for hydroxylation is 1. The van der Waals surface area contributed by atoms with Crippen LogP contribution >= 0.6 is 0 Å². The lowest BCUT2D eigenvalue weighted by atomic mass is 10.1. The largest absolute Gasteiger partial charge is 0.573 e. The van der Waals surface area contributed by atoms with E-state index >= 15 is 0 Å². The Morgan fingerprint density at radius 2 is 1.94 bits per heavy atom. The molecule has 0 spiro atoms. The number of carbonyl (C=O) groups is 1. The van der Waals surface area contributed by atoms with Gasteiger partial charge in [0.05, 0.1) is 19.7 Å². The molecule has 0 aliphatic carbocycles. The van der Waals surface area contributed by atoms with Crippen molar-refractivity contribution in [2.45, 2.75) is 26.3 Å². The number of alkyl halides is 3. The monoisotopic (exact) mass is 499 g/mol. The smallest absolute Gasteiger partial charge is 0.406 e. The van der Waals surface area contributed by atoms with E-state index in [9.17, 15) is 18.0 Å². The lowest BCUT2D eigenvalue weighted by Crippen LogP contribution is -2.26. The van der Waals surface area contributed by atoms with Crippen molar-refractivity contribution in [1.82, 2.24) is 25.0 Å². The summed E-state index contributed by atoms with van der Waals surface area (Å²) in [6.45, 7) is 3.40. The molecule has 1 saturated heterocycles. The molecule has 0 bridgehead atoms. The Bertz CT molecular complexity index is 1380. The van der Waals surface area contributed by atoms with Gasteiger partial charge in [0, 0.05) is 16.8 Å². The molecule has 36 heavy (non-hydrogen) atoms. The maximum atomic E-state index is 12.6.